The quantitative estimate of drug-likeness (QED) is 0.907. The minimum atomic E-state index is -0.314. The molecule has 2 atom stereocenters. The van der Waals surface area contributed by atoms with Gasteiger partial charge in [-0.3, -0.25) is 4.79 Å². The topological polar surface area (TPSA) is 46.3 Å². The van der Waals surface area contributed by atoms with Gasteiger partial charge in [-0.2, -0.15) is 0 Å². The van der Waals surface area contributed by atoms with E-state index in [0.29, 0.717) is 6.54 Å². The maximum absolute atomic E-state index is 13.2. The molecular formula is C14H20ClFN2O. The average Bonchev–Trinajstić information content (AvgIpc) is 2.37. The molecule has 3 nitrogen and oxygen atoms in total. The van der Waals surface area contributed by atoms with Gasteiger partial charge in [0.15, 0.2) is 0 Å². The third-order valence-electron chi connectivity index (χ3n) is 3.49. The first-order valence-electron chi connectivity index (χ1n) is 6.38. The molecule has 2 unspecified atom stereocenters. The Morgan fingerprint density at radius 1 is 1.53 bits per heavy atom. The minimum absolute atomic E-state index is 0. The normalized spacial score (nSPS) is 20.6. The number of amides is 1. The predicted octanol–water partition coefficient (Wildman–Crippen LogP) is 2.30. The number of rotatable bonds is 2. The lowest BCUT2D eigenvalue weighted by molar-refractivity contribution is -0.133. The number of carbonyl (C=O) groups is 1. The molecule has 1 saturated heterocycles. The highest BCUT2D eigenvalue weighted by Gasteiger charge is 2.26. The van der Waals surface area contributed by atoms with Crippen molar-refractivity contribution in [2.45, 2.75) is 31.7 Å². The lowest BCUT2D eigenvalue weighted by Crippen LogP contribution is -2.47. The molecule has 0 saturated carbocycles. The summed E-state index contributed by atoms with van der Waals surface area (Å²) in [4.78, 5) is 14.1. The van der Waals surface area contributed by atoms with E-state index in [-0.39, 0.29) is 36.1 Å². The van der Waals surface area contributed by atoms with E-state index in [9.17, 15) is 9.18 Å². The minimum Gasteiger partial charge on any atom is -0.341 e. The monoisotopic (exact) mass is 286 g/mol. The third kappa shape index (κ3) is 3.91. The lowest BCUT2D eigenvalue weighted by Gasteiger charge is -2.32. The Labute approximate surface area is 119 Å². The van der Waals surface area contributed by atoms with Crippen molar-refractivity contribution in [1.29, 1.82) is 0 Å². The molecular weight excluding hydrogens is 267 g/mol. The molecule has 106 valence electrons. The number of halogens is 2. The van der Waals surface area contributed by atoms with Crippen LogP contribution in [0.3, 0.4) is 0 Å². The molecule has 0 spiro atoms. The van der Waals surface area contributed by atoms with E-state index in [1.165, 1.54) is 12.1 Å². The highest BCUT2D eigenvalue weighted by atomic mass is 35.5. The highest BCUT2D eigenvalue weighted by Crippen LogP contribution is 2.21. The second-order valence-corrected chi connectivity index (χ2v) is 4.96. The standard InChI is InChI=1S/C14H19FN2O.ClH/c1-10(11-4-2-5-12(15)8-11)14(18)17-7-3-6-13(16)9-17;/h2,4-5,8,10,13H,3,6-7,9,16H2,1H3;1H. The second kappa shape index (κ2) is 6.87. The molecule has 0 aliphatic carbocycles. The fourth-order valence-electron chi connectivity index (χ4n) is 2.40. The molecule has 0 bridgehead atoms. The summed E-state index contributed by atoms with van der Waals surface area (Å²) >= 11 is 0. The fourth-order valence-corrected chi connectivity index (χ4v) is 2.40. The van der Waals surface area contributed by atoms with Gasteiger partial charge in [0.25, 0.3) is 0 Å². The van der Waals surface area contributed by atoms with Gasteiger partial charge in [0.2, 0.25) is 5.91 Å². The van der Waals surface area contributed by atoms with Crippen LogP contribution in [-0.2, 0) is 4.79 Å². The molecule has 1 heterocycles. The van der Waals surface area contributed by atoms with Crippen molar-refractivity contribution in [3.8, 4) is 0 Å². The number of hydrogen-bond donors (Lipinski definition) is 1. The Kier molecular flexibility index (Phi) is 5.76. The van der Waals surface area contributed by atoms with Gasteiger partial charge in [0.1, 0.15) is 5.82 Å². The van der Waals surface area contributed by atoms with Crippen molar-refractivity contribution in [3.63, 3.8) is 0 Å². The zero-order valence-electron chi connectivity index (χ0n) is 11.0. The van der Waals surface area contributed by atoms with Gasteiger partial charge in [-0.25, -0.2) is 4.39 Å². The first-order valence-corrected chi connectivity index (χ1v) is 6.38. The number of piperidine rings is 1. The van der Waals surface area contributed by atoms with Crippen LogP contribution >= 0.6 is 12.4 Å². The van der Waals surface area contributed by atoms with Gasteiger partial charge < -0.3 is 10.6 Å². The van der Waals surface area contributed by atoms with Gasteiger partial charge in [0.05, 0.1) is 5.92 Å². The van der Waals surface area contributed by atoms with Crippen LogP contribution in [0.2, 0.25) is 0 Å². The maximum atomic E-state index is 13.2. The highest BCUT2D eigenvalue weighted by molar-refractivity contribution is 5.85. The molecule has 1 aromatic carbocycles. The number of hydrogen-bond acceptors (Lipinski definition) is 2. The third-order valence-corrected chi connectivity index (χ3v) is 3.49. The van der Waals surface area contributed by atoms with E-state index in [4.69, 9.17) is 5.73 Å². The van der Waals surface area contributed by atoms with Crippen molar-refractivity contribution < 1.29 is 9.18 Å². The number of likely N-dealkylation sites (tertiary alicyclic amines) is 1. The van der Waals surface area contributed by atoms with Crippen LogP contribution in [-0.4, -0.2) is 29.9 Å². The summed E-state index contributed by atoms with van der Waals surface area (Å²) in [7, 11) is 0. The summed E-state index contributed by atoms with van der Waals surface area (Å²) in [6.07, 6.45) is 1.92. The molecule has 1 amide bonds. The molecule has 2 rings (SSSR count). The van der Waals surface area contributed by atoms with Gasteiger partial charge >= 0.3 is 0 Å². The molecule has 0 aromatic heterocycles. The van der Waals surface area contributed by atoms with Crippen LogP contribution < -0.4 is 5.73 Å². The summed E-state index contributed by atoms with van der Waals surface area (Å²) in [5, 5.41) is 0. The van der Waals surface area contributed by atoms with E-state index in [2.05, 4.69) is 0 Å². The van der Waals surface area contributed by atoms with Gasteiger partial charge in [-0.1, -0.05) is 12.1 Å². The van der Waals surface area contributed by atoms with E-state index in [1.54, 1.807) is 17.0 Å². The summed E-state index contributed by atoms with van der Waals surface area (Å²) in [6.45, 7) is 3.18. The van der Waals surface area contributed by atoms with Crippen LogP contribution in [0.25, 0.3) is 0 Å². The van der Waals surface area contributed by atoms with Crippen molar-refractivity contribution >= 4 is 18.3 Å². The number of carbonyl (C=O) groups excluding carboxylic acids is 1. The van der Waals surface area contributed by atoms with Crippen LogP contribution in [0.15, 0.2) is 24.3 Å². The van der Waals surface area contributed by atoms with E-state index >= 15 is 0 Å². The number of nitrogens with zero attached hydrogens (tertiary/aromatic N) is 1. The Morgan fingerprint density at radius 3 is 2.89 bits per heavy atom. The van der Waals surface area contributed by atoms with Crippen molar-refractivity contribution in [3.05, 3.63) is 35.6 Å². The van der Waals surface area contributed by atoms with Crippen molar-refractivity contribution in [2.75, 3.05) is 13.1 Å². The largest absolute Gasteiger partial charge is 0.341 e. The molecule has 1 aliphatic rings. The summed E-state index contributed by atoms with van der Waals surface area (Å²) in [5.41, 5.74) is 6.59. The molecule has 1 fully saturated rings. The predicted molar refractivity (Wildman–Crippen MR) is 75.9 cm³/mol. The van der Waals surface area contributed by atoms with Gasteiger partial charge in [-0.15, -0.1) is 12.4 Å². The molecule has 0 radical (unpaired) electrons. The Morgan fingerprint density at radius 2 is 2.26 bits per heavy atom. The van der Waals surface area contributed by atoms with Crippen LogP contribution in [0.4, 0.5) is 4.39 Å². The first kappa shape index (κ1) is 15.9. The van der Waals surface area contributed by atoms with Crippen LogP contribution in [0.1, 0.15) is 31.2 Å². The SMILES string of the molecule is CC(C(=O)N1CCCC(N)C1)c1cccc(F)c1.Cl. The summed E-state index contributed by atoms with van der Waals surface area (Å²) < 4.78 is 13.2. The number of nitrogens with two attached hydrogens (primary N) is 1. The first-order chi connectivity index (χ1) is 8.58. The average molecular weight is 287 g/mol. The van der Waals surface area contributed by atoms with Crippen LogP contribution in [0.5, 0.6) is 0 Å². The fraction of sp³-hybridized carbons (Fsp3) is 0.500. The number of benzene rings is 1. The summed E-state index contributed by atoms with van der Waals surface area (Å²) in [5.74, 6) is -0.579. The van der Waals surface area contributed by atoms with Crippen LogP contribution in [0, 0.1) is 5.82 Å². The second-order valence-electron chi connectivity index (χ2n) is 4.96. The Hall–Kier alpha value is -1.13. The zero-order valence-corrected chi connectivity index (χ0v) is 11.8. The zero-order chi connectivity index (χ0) is 13.1. The maximum Gasteiger partial charge on any atom is 0.229 e. The van der Waals surface area contributed by atoms with Crippen molar-refractivity contribution in [1.82, 2.24) is 4.90 Å². The lowest BCUT2D eigenvalue weighted by atomic mass is 9.97. The molecule has 2 N–H and O–H groups in total. The molecule has 5 heteroatoms. The molecule has 19 heavy (non-hydrogen) atoms. The molecule has 1 aromatic rings. The molecule has 1 aliphatic heterocycles. The Balaban J connectivity index is 0.00000180. The Bertz CT molecular complexity index is 441. The van der Waals surface area contributed by atoms with E-state index in [0.717, 1.165) is 24.9 Å². The van der Waals surface area contributed by atoms with E-state index in [1.807, 2.05) is 6.92 Å². The van der Waals surface area contributed by atoms with E-state index < -0.39 is 0 Å². The summed E-state index contributed by atoms with van der Waals surface area (Å²) in [6, 6.07) is 6.30. The van der Waals surface area contributed by atoms with Crippen molar-refractivity contribution in [2.24, 2.45) is 5.73 Å². The van der Waals surface area contributed by atoms with Gasteiger partial charge in [-0.05, 0) is 37.5 Å². The smallest absolute Gasteiger partial charge is 0.229 e. The van der Waals surface area contributed by atoms with Gasteiger partial charge in [0, 0.05) is 19.1 Å².